The number of esters is 1. The van der Waals surface area contributed by atoms with E-state index in [-0.39, 0.29) is 24.7 Å². The van der Waals surface area contributed by atoms with Gasteiger partial charge in [0.2, 0.25) is 0 Å². The number of rotatable bonds is 10. The topological polar surface area (TPSA) is 77.8 Å². The monoisotopic (exact) mass is 391 g/mol. The van der Waals surface area contributed by atoms with Gasteiger partial charge in [0.05, 0.1) is 6.61 Å². The average molecular weight is 391 g/mol. The minimum absolute atomic E-state index is 0.1000. The maximum Gasteiger partial charge on any atom is 0.329 e. The summed E-state index contributed by atoms with van der Waals surface area (Å²) < 4.78 is 16.1. The Morgan fingerprint density at radius 3 is 2.52 bits per heavy atom. The molecule has 146 valence electrons. The summed E-state index contributed by atoms with van der Waals surface area (Å²) in [5, 5.41) is 2.55. The SMILES string of the molecule is CCCc1ccc(OCc2ccc(C(=O)N[C@@H](CS)C(=O)OCC)o2)cc1. The number of amides is 1. The molecule has 0 unspecified atom stereocenters. The highest BCUT2D eigenvalue weighted by molar-refractivity contribution is 7.80. The van der Waals surface area contributed by atoms with Crippen molar-refractivity contribution >= 4 is 24.5 Å². The van der Waals surface area contributed by atoms with Gasteiger partial charge in [-0.2, -0.15) is 12.6 Å². The van der Waals surface area contributed by atoms with Crippen molar-refractivity contribution in [1.82, 2.24) is 5.32 Å². The first-order valence-electron chi connectivity index (χ1n) is 8.96. The molecule has 1 amide bonds. The first-order valence-corrected chi connectivity index (χ1v) is 9.59. The molecule has 0 aliphatic rings. The maximum atomic E-state index is 12.2. The van der Waals surface area contributed by atoms with Crippen LogP contribution in [0, 0.1) is 0 Å². The van der Waals surface area contributed by atoms with Gasteiger partial charge in [-0.15, -0.1) is 0 Å². The van der Waals surface area contributed by atoms with E-state index < -0.39 is 17.9 Å². The third-order valence-electron chi connectivity index (χ3n) is 3.79. The third kappa shape index (κ3) is 6.36. The summed E-state index contributed by atoms with van der Waals surface area (Å²) in [6.07, 6.45) is 2.14. The first-order chi connectivity index (χ1) is 13.1. The molecule has 27 heavy (non-hydrogen) atoms. The molecular weight excluding hydrogens is 366 g/mol. The van der Waals surface area contributed by atoms with E-state index in [2.05, 4.69) is 24.9 Å². The summed E-state index contributed by atoms with van der Waals surface area (Å²) in [6, 6.07) is 10.3. The molecule has 1 heterocycles. The summed E-state index contributed by atoms with van der Waals surface area (Å²) in [5.41, 5.74) is 1.27. The lowest BCUT2D eigenvalue weighted by Gasteiger charge is -2.13. The van der Waals surface area contributed by atoms with E-state index in [9.17, 15) is 9.59 Å². The number of carbonyl (C=O) groups is 2. The highest BCUT2D eigenvalue weighted by Gasteiger charge is 2.22. The summed E-state index contributed by atoms with van der Waals surface area (Å²) in [4.78, 5) is 24.0. The van der Waals surface area contributed by atoms with Gasteiger partial charge in [-0.3, -0.25) is 4.79 Å². The Morgan fingerprint density at radius 2 is 1.89 bits per heavy atom. The van der Waals surface area contributed by atoms with Gasteiger partial charge < -0.3 is 19.2 Å². The molecule has 0 bridgehead atoms. The van der Waals surface area contributed by atoms with Gasteiger partial charge in [-0.1, -0.05) is 25.5 Å². The quantitative estimate of drug-likeness (QED) is 0.479. The summed E-state index contributed by atoms with van der Waals surface area (Å²) in [5.74, 6) is 0.448. The molecule has 0 fully saturated rings. The second-order valence-corrected chi connectivity index (χ2v) is 6.27. The van der Waals surface area contributed by atoms with Crippen LogP contribution >= 0.6 is 12.6 Å². The van der Waals surface area contributed by atoms with E-state index in [0.717, 1.165) is 18.6 Å². The fourth-order valence-electron chi connectivity index (χ4n) is 2.42. The van der Waals surface area contributed by atoms with Gasteiger partial charge in [0.15, 0.2) is 5.76 Å². The standard InChI is InChI=1S/C20H25NO5S/c1-3-5-14-6-8-15(9-7-14)25-12-16-10-11-18(26-16)19(22)21-17(13-27)20(23)24-4-2/h6-11,17,27H,3-5,12-13H2,1-2H3,(H,21,22)/t17-/m0/s1. The molecule has 6 nitrogen and oxygen atoms in total. The lowest BCUT2D eigenvalue weighted by molar-refractivity contribution is -0.144. The van der Waals surface area contributed by atoms with Crippen molar-refractivity contribution in [2.75, 3.05) is 12.4 Å². The van der Waals surface area contributed by atoms with E-state index in [4.69, 9.17) is 13.9 Å². The fraction of sp³-hybridized carbons (Fsp3) is 0.400. The minimum atomic E-state index is -0.827. The molecule has 1 aromatic heterocycles. The van der Waals surface area contributed by atoms with Crippen LogP contribution in [0.1, 0.15) is 42.1 Å². The Bertz CT molecular complexity index is 741. The molecule has 2 rings (SSSR count). The molecule has 0 saturated heterocycles. The summed E-state index contributed by atoms with van der Waals surface area (Å²) >= 11 is 4.07. The molecule has 0 saturated carbocycles. The lowest BCUT2D eigenvalue weighted by atomic mass is 10.1. The van der Waals surface area contributed by atoms with Crippen LogP contribution in [-0.2, 0) is 22.6 Å². The summed E-state index contributed by atoms with van der Waals surface area (Å²) in [6.45, 7) is 4.28. The van der Waals surface area contributed by atoms with Crippen molar-refractivity contribution in [2.24, 2.45) is 0 Å². The predicted octanol–water partition coefficient (Wildman–Crippen LogP) is 3.40. The number of hydrogen-bond donors (Lipinski definition) is 2. The number of aryl methyl sites for hydroxylation is 1. The Kier molecular flexibility index (Phi) is 8.26. The largest absolute Gasteiger partial charge is 0.486 e. The van der Waals surface area contributed by atoms with Crippen LogP contribution in [0.25, 0.3) is 0 Å². The number of thiol groups is 1. The van der Waals surface area contributed by atoms with Crippen molar-refractivity contribution in [2.45, 2.75) is 39.3 Å². The van der Waals surface area contributed by atoms with Crippen molar-refractivity contribution in [1.29, 1.82) is 0 Å². The second kappa shape index (κ2) is 10.7. The smallest absolute Gasteiger partial charge is 0.329 e. The Balaban J connectivity index is 1.89. The van der Waals surface area contributed by atoms with Crippen LogP contribution in [0.3, 0.4) is 0 Å². The molecule has 0 aliphatic heterocycles. The van der Waals surface area contributed by atoms with Crippen molar-refractivity contribution in [3.05, 3.63) is 53.5 Å². The Hall–Kier alpha value is -2.41. The third-order valence-corrected chi connectivity index (χ3v) is 4.15. The van der Waals surface area contributed by atoms with Gasteiger partial charge in [-0.05, 0) is 43.2 Å². The average Bonchev–Trinajstić information content (AvgIpc) is 3.15. The zero-order chi connectivity index (χ0) is 19.6. The molecule has 0 radical (unpaired) electrons. The molecule has 0 spiro atoms. The number of benzene rings is 1. The van der Waals surface area contributed by atoms with E-state index in [1.165, 1.54) is 5.56 Å². The van der Waals surface area contributed by atoms with Crippen molar-refractivity contribution < 1.29 is 23.5 Å². The zero-order valence-electron chi connectivity index (χ0n) is 15.6. The second-order valence-electron chi connectivity index (χ2n) is 5.91. The number of furan rings is 1. The normalized spacial score (nSPS) is 11.7. The van der Waals surface area contributed by atoms with Gasteiger partial charge in [0.25, 0.3) is 5.91 Å². The molecule has 0 aliphatic carbocycles. The maximum absolute atomic E-state index is 12.2. The number of ether oxygens (including phenoxy) is 2. The number of hydrogen-bond acceptors (Lipinski definition) is 6. The molecule has 1 N–H and O–H groups in total. The molecular formula is C20H25NO5S. The van der Waals surface area contributed by atoms with Crippen molar-refractivity contribution in [3.63, 3.8) is 0 Å². The predicted molar refractivity (Wildman–Crippen MR) is 105 cm³/mol. The summed E-state index contributed by atoms with van der Waals surface area (Å²) in [7, 11) is 0. The van der Waals surface area contributed by atoms with Crippen LogP contribution in [0.15, 0.2) is 40.8 Å². The molecule has 1 aromatic carbocycles. The number of carbonyl (C=O) groups excluding carboxylic acids is 2. The van der Waals surface area contributed by atoms with Crippen LogP contribution in [0.4, 0.5) is 0 Å². The van der Waals surface area contributed by atoms with Gasteiger partial charge in [0.1, 0.15) is 24.2 Å². The van der Waals surface area contributed by atoms with E-state index in [1.54, 1.807) is 19.1 Å². The molecule has 1 atom stereocenters. The minimum Gasteiger partial charge on any atom is -0.486 e. The first kappa shape index (κ1) is 20.9. The molecule has 2 aromatic rings. The lowest BCUT2D eigenvalue weighted by Crippen LogP contribution is -2.43. The van der Waals surface area contributed by atoms with Gasteiger partial charge in [0, 0.05) is 5.75 Å². The van der Waals surface area contributed by atoms with E-state index in [0.29, 0.717) is 5.76 Å². The highest BCUT2D eigenvalue weighted by atomic mass is 32.1. The van der Waals surface area contributed by atoms with Crippen molar-refractivity contribution in [3.8, 4) is 5.75 Å². The Morgan fingerprint density at radius 1 is 1.15 bits per heavy atom. The highest BCUT2D eigenvalue weighted by Crippen LogP contribution is 2.16. The van der Waals surface area contributed by atoms with Gasteiger partial charge in [-0.25, -0.2) is 4.79 Å². The van der Waals surface area contributed by atoms with E-state index >= 15 is 0 Å². The van der Waals surface area contributed by atoms with Crippen LogP contribution in [0.5, 0.6) is 5.75 Å². The Labute approximate surface area is 164 Å². The fourth-order valence-corrected chi connectivity index (χ4v) is 2.66. The van der Waals surface area contributed by atoms with Gasteiger partial charge >= 0.3 is 5.97 Å². The molecule has 7 heteroatoms. The van der Waals surface area contributed by atoms with Crippen LogP contribution < -0.4 is 10.1 Å². The van der Waals surface area contributed by atoms with Crippen LogP contribution in [0.2, 0.25) is 0 Å². The van der Waals surface area contributed by atoms with E-state index in [1.807, 2.05) is 24.3 Å². The number of nitrogens with one attached hydrogen (secondary N) is 1. The van der Waals surface area contributed by atoms with Crippen LogP contribution in [-0.4, -0.2) is 30.3 Å². The zero-order valence-corrected chi connectivity index (χ0v) is 16.5.